The van der Waals surface area contributed by atoms with Gasteiger partial charge in [0.2, 0.25) is 0 Å². The summed E-state index contributed by atoms with van der Waals surface area (Å²) in [5.41, 5.74) is 6.52. The SMILES string of the molecule is Cc1ccc(CC(Cc2ccc(Br)cc2Cl)NN)cc1. The van der Waals surface area contributed by atoms with Crippen molar-refractivity contribution < 1.29 is 0 Å². The van der Waals surface area contributed by atoms with Gasteiger partial charge >= 0.3 is 0 Å². The third kappa shape index (κ3) is 4.32. The fourth-order valence-electron chi connectivity index (χ4n) is 2.15. The Hall–Kier alpha value is -0.870. The van der Waals surface area contributed by atoms with Crippen LogP contribution >= 0.6 is 27.5 Å². The van der Waals surface area contributed by atoms with Gasteiger partial charge in [-0.2, -0.15) is 0 Å². The molecule has 0 bridgehead atoms. The maximum Gasteiger partial charge on any atom is 0.0449 e. The average Bonchev–Trinajstić information content (AvgIpc) is 2.43. The minimum Gasteiger partial charge on any atom is -0.271 e. The van der Waals surface area contributed by atoms with Gasteiger partial charge in [-0.25, -0.2) is 0 Å². The number of aryl methyl sites for hydroxylation is 1. The molecule has 2 rings (SSSR count). The largest absolute Gasteiger partial charge is 0.271 e. The zero-order valence-electron chi connectivity index (χ0n) is 11.4. The summed E-state index contributed by atoms with van der Waals surface area (Å²) >= 11 is 9.67. The lowest BCUT2D eigenvalue weighted by Gasteiger charge is -2.17. The van der Waals surface area contributed by atoms with Crippen molar-refractivity contribution >= 4 is 27.5 Å². The van der Waals surface area contributed by atoms with Gasteiger partial charge in [0.25, 0.3) is 0 Å². The second-order valence-electron chi connectivity index (χ2n) is 4.99. The monoisotopic (exact) mass is 352 g/mol. The first-order valence-electron chi connectivity index (χ1n) is 6.54. The predicted molar refractivity (Wildman–Crippen MR) is 88.9 cm³/mol. The lowest BCUT2D eigenvalue weighted by Crippen LogP contribution is -2.38. The zero-order chi connectivity index (χ0) is 14.5. The van der Waals surface area contributed by atoms with Gasteiger partial charge in [-0.15, -0.1) is 0 Å². The Bertz CT molecular complexity index is 569. The molecule has 1 unspecified atom stereocenters. The number of benzene rings is 2. The molecule has 20 heavy (non-hydrogen) atoms. The third-order valence-electron chi connectivity index (χ3n) is 3.32. The Morgan fingerprint density at radius 3 is 2.45 bits per heavy atom. The Balaban J connectivity index is 2.07. The molecule has 0 saturated heterocycles. The normalized spacial score (nSPS) is 12.4. The van der Waals surface area contributed by atoms with Crippen LogP contribution in [0.4, 0.5) is 0 Å². The number of hydrogen-bond donors (Lipinski definition) is 2. The summed E-state index contributed by atoms with van der Waals surface area (Å²) in [6.07, 6.45) is 1.68. The highest BCUT2D eigenvalue weighted by molar-refractivity contribution is 9.10. The van der Waals surface area contributed by atoms with E-state index in [1.807, 2.05) is 18.2 Å². The molecule has 0 heterocycles. The predicted octanol–water partition coefficient (Wildman–Crippen LogP) is 4.03. The Morgan fingerprint density at radius 2 is 1.85 bits per heavy atom. The highest BCUT2D eigenvalue weighted by Crippen LogP contribution is 2.23. The maximum absolute atomic E-state index is 6.26. The lowest BCUT2D eigenvalue weighted by molar-refractivity contribution is 0.522. The van der Waals surface area contributed by atoms with Gasteiger partial charge < -0.3 is 0 Å². The van der Waals surface area contributed by atoms with E-state index < -0.39 is 0 Å². The molecule has 0 amide bonds. The summed E-state index contributed by atoms with van der Waals surface area (Å²) in [5, 5.41) is 0.767. The Labute approximate surface area is 133 Å². The number of halogens is 2. The molecule has 0 aliphatic rings. The van der Waals surface area contributed by atoms with Crippen LogP contribution in [0.5, 0.6) is 0 Å². The highest BCUT2D eigenvalue weighted by atomic mass is 79.9. The second kappa shape index (κ2) is 7.23. The zero-order valence-corrected chi connectivity index (χ0v) is 13.7. The molecule has 0 radical (unpaired) electrons. The van der Waals surface area contributed by atoms with Crippen LogP contribution in [0.2, 0.25) is 5.02 Å². The van der Waals surface area contributed by atoms with E-state index in [0.29, 0.717) is 0 Å². The first-order valence-corrected chi connectivity index (χ1v) is 7.71. The molecular formula is C16H18BrClN2. The van der Waals surface area contributed by atoms with Crippen molar-refractivity contribution in [3.05, 3.63) is 68.7 Å². The molecule has 0 saturated carbocycles. The lowest BCUT2D eigenvalue weighted by atomic mass is 9.99. The van der Waals surface area contributed by atoms with Crippen molar-refractivity contribution in [1.82, 2.24) is 5.43 Å². The smallest absolute Gasteiger partial charge is 0.0449 e. The summed E-state index contributed by atoms with van der Waals surface area (Å²) in [6.45, 7) is 2.09. The van der Waals surface area contributed by atoms with Gasteiger partial charge in [0.05, 0.1) is 0 Å². The van der Waals surface area contributed by atoms with Crippen LogP contribution in [0.3, 0.4) is 0 Å². The van der Waals surface area contributed by atoms with Crippen LogP contribution in [0.15, 0.2) is 46.9 Å². The minimum absolute atomic E-state index is 0.163. The number of rotatable bonds is 5. The summed E-state index contributed by atoms with van der Waals surface area (Å²) < 4.78 is 0.988. The fourth-order valence-corrected chi connectivity index (χ4v) is 2.90. The number of hydrogen-bond acceptors (Lipinski definition) is 2. The molecule has 0 spiro atoms. The van der Waals surface area contributed by atoms with Crippen molar-refractivity contribution in [2.45, 2.75) is 25.8 Å². The van der Waals surface area contributed by atoms with Crippen molar-refractivity contribution in [2.75, 3.05) is 0 Å². The molecule has 0 aliphatic carbocycles. The molecule has 1 atom stereocenters. The quantitative estimate of drug-likeness (QED) is 0.629. The van der Waals surface area contributed by atoms with Crippen molar-refractivity contribution in [3.63, 3.8) is 0 Å². The molecule has 0 aliphatic heterocycles. The van der Waals surface area contributed by atoms with Crippen LogP contribution in [-0.4, -0.2) is 6.04 Å². The second-order valence-corrected chi connectivity index (χ2v) is 6.32. The van der Waals surface area contributed by atoms with Crippen molar-refractivity contribution in [2.24, 2.45) is 5.84 Å². The Kier molecular flexibility index (Phi) is 5.61. The summed E-state index contributed by atoms with van der Waals surface area (Å²) in [5.74, 6) is 5.68. The molecule has 106 valence electrons. The molecule has 2 nitrogen and oxygen atoms in total. The molecule has 2 aromatic rings. The van der Waals surface area contributed by atoms with Crippen molar-refractivity contribution in [1.29, 1.82) is 0 Å². The topological polar surface area (TPSA) is 38.0 Å². The van der Waals surface area contributed by atoms with Crippen LogP contribution in [0.25, 0.3) is 0 Å². The van der Waals surface area contributed by atoms with E-state index in [9.17, 15) is 0 Å². The van der Waals surface area contributed by atoms with E-state index >= 15 is 0 Å². The number of hydrazine groups is 1. The van der Waals surface area contributed by atoms with E-state index in [1.54, 1.807) is 0 Å². The first kappa shape index (κ1) is 15.5. The van der Waals surface area contributed by atoms with E-state index in [0.717, 1.165) is 27.9 Å². The van der Waals surface area contributed by atoms with Gasteiger partial charge in [-0.05, 0) is 43.0 Å². The number of nitrogens with one attached hydrogen (secondary N) is 1. The van der Waals surface area contributed by atoms with Crippen LogP contribution in [0.1, 0.15) is 16.7 Å². The summed E-state index contributed by atoms with van der Waals surface area (Å²) in [4.78, 5) is 0. The first-order chi connectivity index (χ1) is 9.58. The van der Waals surface area contributed by atoms with Gasteiger partial charge in [0, 0.05) is 15.5 Å². The molecule has 0 aromatic heterocycles. The summed E-state index contributed by atoms with van der Waals surface area (Å²) in [7, 11) is 0. The van der Waals surface area contributed by atoms with Gasteiger partial charge in [-0.3, -0.25) is 11.3 Å². The molecule has 3 N–H and O–H groups in total. The molecular weight excluding hydrogens is 336 g/mol. The van der Waals surface area contributed by atoms with E-state index in [-0.39, 0.29) is 6.04 Å². The van der Waals surface area contributed by atoms with Crippen LogP contribution < -0.4 is 11.3 Å². The highest BCUT2D eigenvalue weighted by Gasteiger charge is 2.11. The fraction of sp³-hybridized carbons (Fsp3) is 0.250. The number of nitrogens with two attached hydrogens (primary N) is 1. The van der Waals surface area contributed by atoms with Gasteiger partial charge in [0.1, 0.15) is 0 Å². The van der Waals surface area contributed by atoms with Crippen LogP contribution in [-0.2, 0) is 12.8 Å². The maximum atomic E-state index is 6.26. The molecule has 4 heteroatoms. The standard InChI is InChI=1S/C16H18BrClN2/c1-11-2-4-12(5-3-11)8-15(20-19)9-13-6-7-14(17)10-16(13)18/h2-7,10,15,20H,8-9,19H2,1H3. The van der Waals surface area contributed by atoms with Gasteiger partial charge in [0.15, 0.2) is 0 Å². The van der Waals surface area contributed by atoms with E-state index in [4.69, 9.17) is 17.4 Å². The average molecular weight is 354 g/mol. The van der Waals surface area contributed by atoms with Crippen LogP contribution in [0, 0.1) is 6.92 Å². The van der Waals surface area contributed by atoms with E-state index in [2.05, 4.69) is 52.5 Å². The third-order valence-corrected chi connectivity index (χ3v) is 4.16. The Morgan fingerprint density at radius 1 is 1.15 bits per heavy atom. The minimum atomic E-state index is 0.163. The van der Waals surface area contributed by atoms with E-state index in [1.165, 1.54) is 11.1 Å². The summed E-state index contributed by atoms with van der Waals surface area (Å²) in [6, 6.07) is 14.6. The van der Waals surface area contributed by atoms with Crippen molar-refractivity contribution in [3.8, 4) is 0 Å². The van der Waals surface area contributed by atoms with Gasteiger partial charge in [-0.1, -0.05) is 63.4 Å². The molecule has 2 aromatic carbocycles. The molecule has 0 fully saturated rings.